The molecule has 0 radical (unpaired) electrons. The van der Waals surface area contributed by atoms with E-state index >= 15 is 0 Å². The number of fused-ring (bicyclic) bond motifs is 1. The van der Waals surface area contributed by atoms with Crippen LogP contribution in [-0.4, -0.2) is 60.6 Å². The molecule has 1 fully saturated rings. The summed E-state index contributed by atoms with van der Waals surface area (Å²) >= 11 is 7.74. The first-order valence-electron chi connectivity index (χ1n) is 12.0. The summed E-state index contributed by atoms with van der Waals surface area (Å²) in [6.07, 6.45) is 2.83. The van der Waals surface area contributed by atoms with E-state index in [9.17, 15) is 5.11 Å². The van der Waals surface area contributed by atoms with Crippen molar-refractivity contribution in [2.75, 3.05) is 38.3 Å². The van der Waals surface area contributed by atoms with Crippen LogP contribution in [0, 0.1) is 0 Å². The molecule has 1 aliphatic rings. The Balaban J connectivity index is 1.43. The molecule has 2 aromatic heterocycles. The van der Waals surface area contributed by atoms with E-state index in [1.807, 2.05) is 18.2 Å². The van der Waals surface area contributed by atoms with Crippen LogP contribution in [0.1, 0.15) is 12.8 Å². The predicted octanol–water partition coefficient (Wildman–Crippen LogP) is 5.02. The van der Waals surface area contributed by atoms with E-state index in [1.165, 1.54) is 0 Å². The fraction of sp³-hybridized carbons (Fsp3) is 0.333. The van der Waals surface area contributed by atoms with E-state index in [4.69, 9.17) is 26.1 Å². The van der Waals surface area contributed by atoms with E-state index in [0.29, 0.717) is 23.1 Å². The number of hydrogen-bond donors (Lipinski definition) is 2. The molecule has 2 N–H and O–H groups in total. The second kappa shape index (κ2) is 11.4. The van der Waals surface area contributed by atoms with Crippen molar-refractivity contribution in [2.24, 2.45) is 0 Å². The number of aliphatic hydroxyl groups is 1. The Labute approximate surface area is 219 Å². The molecule has 36 heavy (non-hydrogen) atoms. The Kier molecular flexibility index (Phi) is 7.87. The monoisotopic (exact) mass is 524 g/mol. The molecule has 1 unspecified atom stereocenters. The number of ether oxygens (including phenoxy) is 2. The third-order valence-corrected chi connectivity index (χ3v) is 7.63. The van der Waals surface area contributed by atoms with Crippen LogP contribution in [0.15, 0.2) is 60.2 Å². The molecule has 188 valence electrons. The predicted molar refractivity (Wildman–Crippen MR) is 146 cm³/mol. The molecule has 0 bridgehead atoms. The normalized spacial score (nSPS) is 15.1. The standard InChI is InChI=1S/C27H29ClN4O3S/c1-34-24-13-21(7-8-23(24)28)35-15-20(33)14-32(19-9-11-29-12-10-19)26-25-22(18-5-3-2-4-6-18)16-36-27(25)31-17-30-26/h2-8,13,16-17,19-20,29,33H,9-12,14-15H2,1H3. The Bertz CT molecular complexity index is 1300. The summed E-state index contributed by atoms with van der Waals surface area (Å²) in [5.41, 5.74) is 2.25. The van der Waals surface area contributed by atoms with Gasteiger partial charge in [0.05, 0.1) is 17.5 Å². The van der Waals surface area contributed by atoms with E-state index in [-0.39, 0.29) is 12.6 Å². The van der Waals surface area contributed by atoms with Crippen molar-refractivity contribution < 1.29 is 14.6 Å². The molecule has 0 saturated carbocycles. The van der Waals surface area contributed by atoms with Gasteiger partial charge in [-0.3, -0.25) is 0 Å². The Morgan fingerprint density at radius 3 is 2.75 bits per heavy atom. The molecule has 1 atom stereocenters. The number of hydrogen-bond acceptors (Lipinski definition) is 8. The second-order valence-electron chi connectivity index (χ2n) is 8.79. The lowest BCUT2D eigenvalue weighted by Gasteiger charge is -2.37. The highest BCUT2D eigenvalue weighted by atomic mass is 35.5. The zero-order valence-corrected chi connectivity index (χ0v) is 21.6. The SMILES string of the molecule is COc1cc(OCC(O)CN(c2ncnc3scc(-c4ccccc4)c23)C2CCNCC2)ccc1Cl. The van der Waals surface area contributed by atoms with Crippen molar-refractivity contribution in [2.45, 2.75) is 25.0 Å². The number of aromatic nitrogens is 2. The zero-order valence-electron chi connectivity index (χ0n) is 20.1. The van der Waals surface area contributed by atoms with Crippen LogP contribution < -0.4 is 19.7 Å². The number of anilines is 1. The first kappa shape index (κ1) is 24.8. The molecular weight excluding hydrogens is 496 g/mol. The lowest BCUT2D eigenvalue weighted by molar-refractivity contribution is 0.109. The number of halogens is 1. The van der Waals surface area contributed by atoms with E-state index in [1.54, 1.807) is 43.0 Å². The van der Waals surface area contributed by atoms with Crippen molar-refractivity contribution in [1.82, 2.24) is 15.3 Å². The molecule has 0 aliphatic carbocycles. The van der Waals surface area contributed by atoms with E-state index in [0.717, 1.165) is 53.1 Å². The van der Waals surface area contributed by atoms with Gasteiger partial charge in [0, 0.05) is 29.6 Å². The summed E-state index contributed by atoms with van der Waals surface area (Å²) in [5.74, 6) is 1.99. The number of methoxy groups -OCH3 is 1. The molecule has 1 aliphatic heterocycles. The molecule has 1 saturated heterocycles. The van der Waals surface area contributed by atoms with Gasteiger partial charge in [-0.15, -0.1) is 11.3 Å². The Hall–Kier alpha value is -2.91. The summed E-state index contributed by atoms with van der Waals surface area (Å²) in [5, 5.41) is 18.2. The lowest BCUT2D eigenvalue weighted by Crippen LogP contribution is -2.47. The number of rotatable bonds is 9. The van der Waals surface area contributed by atoms with Crippen molar-refractivity contribution in [3.8, 4) is 22.6 Å². The van der Waals surface area contributed by atoms with Crippen LogP contribution in [0.4, 0.5) is 5.82 Å². The maximum absolute atomic E-state index is 11.1. The highest BCUT2D eigenvalue weighted by Crippen LogP contribution is 2.39. The van der Waals surface area contributed by atoms with Crippen molar-refractivity contribution in [3.05, 3.63) is 65.3 Å². The summed E-state index contributed by atoms with van der Waals surface area (Å²) in [6.45, 7) is 2.39. The summed E-state index contributed by atoms with van der Waals surface area (Å²) in [6, 6.07) is 15.8. The lowest BCUT2D eigenvalue weighted by atomic mass is 10.0. The molecule has 4 aromatic rings. The zero-order chi connectivity index (χ0) is 24.9. The number of nitrogens with zero attached hydrogens (tertiary/aromatic N) is 3. The van der Waals surface area contributed by atoms with Gasteiger partial charge in [-0.05, 0) is 43.6 Å². The van der Waals surface area contributed by atoms with Crippen LogP contribution in [0.2, 0.25) is 5.02 Å². The first-order chi connectivity index (χ1) is 17.6. The third-order valence-electron chi connectivity index (χ3n) is 6.43. The van der Waals surface area contributed by atoms with Gasteiger partial charge in [-0.2, -0.15) is 0 Å². The smallest absolute Gasteiger partial charge is 0.141 e. The van der Waals surface area contributed by atoms with Gasteiger partial charge >= 0.3 is 0 Å². The van der Waals surface area contributed by atoms with Crippen molar-refractivity contribution >= 4 is 39.0 Å². The van der Waals surface area contributed by atoms with Gasteiger partial charge in [-0.1, -0.05) is 41.9 Å². The van der Waals surface area contributed by atoms with Gasteiger partial charge in [0.1, 0.15) is 41.2 Å². The minimum absolute atomic E-state index is 0.135. The molecular formula is C27H29ClN4O3S. The van der Waals surface area contributed by atoms with Crippen LogP contribution in [-0.2, 0) is 0 Å². The van der Waals surface area contributed by atoms with Gasteiger partial charge in [0.25, 0.3) is 0 Å². The topological polar surface area (TPSA) is 79.7 Å². The third kappa shape index (κ3) is 5.42. The van der Waals surface area contributed by atoms with Gasteiger partial charge in [0.15, 0.2) is 0 Å². The average molecular weight is 525 g/mol. The minimum atomic E-state index is -0.731. The fourth-order valence-electron chi connectivity index (χ4n) is 4.64. The summed E-state index contributed by atoms with van der Waals surface area (Å²) in [7, 11) is 1.56. The van der Waals surface area contributed by atoms with Gasteiger partial charge in [0.2, 0.25) is 0 Å². The number of aliphatic hydroxyl groups excluding tert-OH is 1. The molecule has 5 rings (SSSR count). The molecule has 7 nitrogen and oxygen atoms in total. The highest BCUT2D eigenvalue weighted by molar-refractivity contribution is 7.17. The Morgan fingerprint density at radius 2 is 1.97 bits per heavy atom. The van der Waals surface area contributed by atoms with Crippen LogP contribution in [0.5, 0.6) is 11.5 Å². The van der Waals surface area contributed by atoms with Crippen LogP contribution >= 0.6 is 22.9 Å². The van der Waals surface area contributed by atoms with Crippen LogP contribution in [0.25, 0.3) is 21.3 Å². The average Bonchev–Trinajstić information content (AvgIpc) is 3.37. The number of thiophene rings is 1. The second-order valence-corrected chi connectivity index (χ2v) is 10.1. The first-order valence-corrected chi connectivity index (χ1v) is 13.3. The van der Waals surface area contributed by atoms with E-state index < -0.39 is 6.10 Å². The molecule has 9 heteroatoms. The number of nitrogens with one attached hydrogen (secondary N) is 1. The van der Waals surface area contributed by atoms with Crippen LogP contribution in [0.3, 0.4) is 0 Å². The Morgan fingerprint density at radius 1 is 1.17 bits per heavy atom. The maximum atomic E-state index is 11.1. The highest BCUT2D eigenvalue weighted by Gasteiger charge is 2.28. The molecule has 0 spiro atoms. The van der Waals surface area contributed by atoms with Gasteiger partial charge in [-0.25, -0.2) is 9.97 Å². The maximum Gasteiger partial charge on any atom is 0.141 e. The minimum Gasteiger partial charge on any atom is -0.495 e. The summed E-state index contributed by atoms with van der Waals surface area (Å²) < 4.78 is 11.2. The molecule has 3 heterocycles. The quantitative estimate of drug-likeness (QED) is 0.318. The van der Waals surface area contributed by atoms with Crippen molar-refractivity contribution in [3.63, 3.8) is 0 Å². The van der Waals surface area contributed by atoms with Gasteiger partial charge < -0.3 is 24.8 Å². The number of benzene rings is 2. The van der Waals surface area contributed by atoms with Crippen molar-refractivity contribution in [1.29, 1.82) is 0 Å². The molecule has 0 amide bonds. The fourth-order valence-corrected chi connectivity index (χ4v) is 5.74. The molecule has 2 aromatic carbocycles. The van der Waals surface area contributed by atoms with E-state index in [2.05, 4.69) is 32.7 Å². The largest absolute Gasteiger partial charge is 0.495 e. The number of piperidine rings is 1. The summed E-state index contributed by atoms with van der Waals surface area (Å²) in [4.78, 5) is 12.5.